The molecule has 0 spiro atoms. The molecule has 1 heterocycles. The van der Waals surface area contributed by atoms with Gasteiger partial charge in [0.2, 0.25) is 10.0 Å². The summed E-state index contributed by atoms with van der Waals surface area (Å²) in [5, 5.41) is 7.99. The zero-order valence-corrected chi connectivity index (χ0v) is 9.25. The monoisotopic (exact) mass is 223 g/mol. The molecule has 2 N–H and O–H groups in total. The normalized spacial score (nSPS) is 30.5. The predicted molar refractivity (Wildman–Crippen MR) is 52.4 cm³/mol. The van der Waals surface area contributed by atoms with Gasteiger partial charge in [-0.3, -0.25) is 0 Å². The van der Waals surface area contributed by atoms with Crippen LogP contribution >= 0.6 is 0 Å². The number of nitrogens with one attached hydrogen (secondary N) is 1. The molecule has 0 bridgehead atoms. The molecule has 3 atom stereocenters. The van der Waals surface area contributed by atoms with Gasteiger partial charge >= 0.3 is 0 Å². The van der Waals surface area contributed by atoms with Crippen LogP contribution in [0.3, 0.4) is 0 Å². The molecule has 1 rings (SSSR count). The first-order valence-corrected chi connectivity index (χ1v) is 6.25. The third kappa shape index (κ3) is 2.66. The van der Waals surface area contributed by atoms with Crippen molar-refractivity contribution in [3.63, 3.8) is 0 Å². The van der Waals surface area contributed by atoms with E-state index in [0.717, 1.165) is 0 Å². The number of aliphatic hydroxyl groups is 1. The number of ether oxygens (including phenoxy) is 1. The summed E-state index contributed by atoms with van der Waals surface area (Å²) in [6.45, 7) is 3.53. The molecule has 5 nitrogen and oxygen atoms in total. The summed E-state index contributed by atoms with van der Waals surface area (Å²) in [6.07, 6.45) is 0.606. The fourth-order valence-electron chi connectivity index (χ4n) is 1.31. The van der Waals surface area contributed by atoms with Crippen molar-refractivity contribution in [2.45, 2.75) is 37.7 Å². The Morgan fingerprint density at radius 2 is 2.29 bits per heavy atom. The molecule has 0 aromatic heterocycles. The van der Waals surface area contributed by atoms with E-state index in [9.17, 15) is 8.42 Å². The lowest BCUT2D eigenvalue weighted by Crippen LogP contribution is -2.44. The summed E-state index contributed by atoms with van der Waals surface area (Å²) in [7, 11) is -3.41. The van der Waals surface area contributed by atoms with Crippen LogP contribution in [0, 0.1) is 0 Å². The Morgan fingerprint density at radius 3 is 2.71 bits per heavy atom. The molecular formula is C8H17NO4S. The zero-order valence-electron chi connectivity index (χ0n) is 8.43. The van der Waals surface area contributed by atoms with E-state index < -0.39 is 15.3 Å². The molecule has 0 saturated carbocycles. The van der Waals surface area contributed by atoms with E-state index in [1.807, 2.05) is 6.92 Å². The summed E-state index contributed by atoms with van der Waals surface area (Å²) in [4.78, 5) is 0. The van der Waals surface area contributed by atoms with Crippen molar-refractivity contribution in [2.75, 3.05) is 13.2 Å². The van der Waals surface area contributed by atoms with E-state index in [-0.39, 0.29) is 18.8 Å². The Balaban J connectivity index is 2.58. The van der Waals surface area contributed by atoms with Gasteiger partial charge in [0.05, 0.1) is 18.0 Å². The second-order valence-corrected chi connectivity index (χ2v) is 5.76. The summed E-state index contributed by atoms with van der Waals surface area (Å²) in [5.41, 5.74) is 0. The Labute approximate surface area is 84.5 Å². The lowest BCUT2D eigenvalue weighted by atomic mass is 10.2. The van der Waals surface area contributed by atoms with Crippen molar-refractivity contribution in [1.82, 2.24) is 4.72 Å². The van der Waals surface area contributed by atoms with Gasteiger partial charge in [-0.25, -0.2) is 13.1 Å². The van der Waals surface area contributed by atoms with Crippen molar-refractivity contribution >= 4 is 10.0 Å². The molecule has 0 radical (unpaired) electrons. The summed E-state index contributed by atoms with van der Waals surface area (Å²) < 4.78 is 30.9. The molecule has 6 heteroatoms. The van der Waals surface area contributed by atoms with E-state index in [0.29, 0.717) is 13.0 Å². The average molecular weight is 223 g/mol. The molecule has 1 aliphatic heterocycles. The fraction of sp³-hybridized carbons (Fsp3) is 1.00. The Hall–Kier alpha value is -0.170. The maximum Gasteiger partial charge on any atom is 0.216 e. The molecule has 0 amide bonds. The molecule has 0 aromatic rings. The second-order valence-electron chi connectivity index (χ2n) is 3.63. The average Bonchev–Trinajstić information content (AvgIpc) is 2.50. The van der Waals surface area contributed by atoms with Crippen LogP contribution in [-0.2, 0) is 14.8 Å². The molecule has 1 aliphatic rings. The highest BCUT2D eigenvalue weighted by molar-refractivity contribution is 7.90. The first-order chi connectivity index (χ1) is 6.47. The summed E-state index contributed by atoms with van der Waals surface area (Å²) >= 11 is 0. The van der Waals surface area contributed by atoms with Crippen LogP contribution in [0.15, 0.2) is 0 Å². The molecule has 0 aromatic carbocycles. The third-order valence-corrected chi connectivity index (χ3v) is 4.32. The van der Waals surface area contributed by atoms with Gasteiger partial charge in [0.25, 0.3) is 0 Å². The lowest BCUT2D eigenvalue weighted by Gasteiger charge is -2.18. The molecule has 84 valence electrons. The van der Waals surface area contributed by atoms with E-state index in [1.165, 1.54) is 6.92 Å². The third-order valence-electron chi connectivity index (χ3n) is 2.48. The molecule has 3 unspecified atom stereocenters. The van der Waals surface area contributed by atoms with Gasteiger partial charge < -0.3 is 9.84 Å². The van der Waals surface area contributed by atoms with Gasteiger partial charge in [-0.2, -0.15) is 0 Å². The van der Waals surface area contributed by atoms with Gasteiger partial charge in [0.1, 0.15) is 0 Å². The van der Waals surface area contributed by atoms with Gasteiger partial charge in [0, 0.05) is 12.6 Å². The fourth-order valence-corrected chi connectivity index (χ4v) is 2.47. The summed E-state index contributed by atoms with van der Waals surface area (Å²) in [5.74, 6) is 0. The maximum absolute atomic E-state index is 11.5. The van der Waals surface area contributed by atoms with E-state index in [2.05, 4.69) is 4.72 Å². The molecule has 14 heavy (non-hydrogen) atoms. The standard InChI is InChI=1S/C8H17NO4S/c1-6(5-10)14(11,12)9-8-3-4-13-7(8)2/h6-10H,3-5H2,1-2H3. The first-order valence-electron chi connectivity index (χ1n) is 4.71. The van der Waals surface area contributed by atoms with Crippen LogP contribution in [-0.4, -0.2) is 44.1 Å². The number of rotatable bonds is 4. The van der Waals surface area contributed by atoms with Crippen molar-refractivity contribution in [1.29, 1.82) is 0 Å². The minimum absolute atomic E-state index is 0.0873. The van der Waals surface area contributed by atoms with Crippen molar-refractivity contribution in [3.8, 4) is 0 Å². The number of hydrogen-bond donors (Lipinski definition) is 2. The van der Waals surface area contributed by atoms with Crippen LogP contribution in [0.5, 0.6) is 0 Å². The van der Waals surface area contributed by atoms with Gasteiger partial charge in [-0.1, -0.05) is 0 Å². The largest absolute Gasteiger partial charge is 0.395 e. The number of sulfonamides is 1. The zero-order chi connectivity index (χ0) is 10.8. The Bertz CT molecular complexity index is 277. The predicted octanol–water partition coefficient (Wildman–Crippen LogP) is -0.536. The maximum atomic E-state index is 11.5. The van der Waals surface area contributed by atoms with Crippen LogP contribution in [0.2, 0.25) is 0 Å². The second kappa shape index (κ2) is 4.57. The topological polar surface area (TPSA) is 75.6 Å². The molecule has 1 fully saturated rings. The van der Waals surface area contributed by atoms with Crippen LogP contribution in [0.25, 0.3) is 0 Å². The quantitative estimate of drug-likeness (QED) is 0.671. The van der Waals surface area contributed by atoms with E-state index in [4.69, 9.17) is 9.84 Å². The SMILES string of the molecule is CC1OCCC1NS(=O)(=O)C(C)CO. The highest BCUT2D eigenvalue weighted by Crippen LogP contribution is 2.14. The van der Waals surface area contributed by atoms with Crippen LogP contribution < -0.4 is 4.72 Å². The molecule has 0 aliphatic carbocycles. The van der Waals surface area contributed by atoms with Gasteiger partial charge in [0.15, 0.2) is 0 Å². The smallest absolute Gasteiger partial charge is 0.216 e. The van der Waals surface area contributed by atoms with Crippen LogP contribution in [0.1, 0.15) is 20.3 Å². The Kier molecular flexibility index (Phi) is 3.88. The highest BCUT2D eigenvalue weighted by atomic mass is 32.2. The minimum atomic E-state index is -3.41. The lowest BCUT2D eigenvalue weighted by molar-refractivity contribution is 0.116. The number of hydrogen-bond acceptors (Lipinski definition) is 4. The van der Waals surface area contributed by atoms with Crippen molar-refractivity contribution in [2.24, 2.45) is 0 Å². The summed E-state index contributed by atoms with van der Waals surface area (Å²) in [6, 6.07) is -0.158. The molecular weight excluding hydrogens is 206 g/mol. The Morgan fingerprint density at radius 1 is 1.64 bits per heavy atom. The van der Waals surface area contributed by atoms with Crippen molar-refractivity contribution < 1.29 is 18.3 Å². The van der Waals surface area contributed by atoms with E-state index in [1.54, 1.807) is 0 Å². The highest BCUT2D eigenvalue weighted by Gasteiger charge is 2.30. The first kappa shape index (κ1) is 11.9. The minimum Gasteiger partial charge on any atom is -0.395 e. The number of aliphatic hydroxyl groups excluding tert-OH is 1. The molecule has 1 saturated heterocycles. The van der Waals surface area contributed by atoms with Gasteiger partial charge in [-0.15, -0.1) is 0 Å². The van der Waals surface area contributed by atoms with Gasteiger partial charge in [-0.05, 0) is 20.3 Å². The van der Waals surface area contributed by atoms with Crippen molar-refractivity contribution in [3.05, 3.63) is 0 Å². The van der Waals surface area contributed by atoms with Crippen LogP contribution in [0.4, 0.5) is 0 Å². The van der Waals surface area contributed by atoms with E-state index >= 15 is 0 Å².